The van der Waals surface area contributed by atoms with Crippen molar-refractivity contribution in [3.05, 3.63) is 35.9 Å². The zero-order valence-electron chi connectivity index (χ0n) is 4.39. The van der Waals surface area contributed by atoms with E-state index in [0.717, 1.165) is 0 Å². The average Bonchev–Trinajstić information content (AvgIpc) is 1.69. The fourth-order valence-electron chi connectivity index (χ4n) is 0.534. The molecule has 0 heterocycles. The zero-order valence-corrected chi connectivity index (χ0v) is 4.39. The van der Waals surface area contributed by atoms with Crippen molar-refractivity contribution >= 4 is 18.9 Å². The number of rotatable bonds is 0. The molecule has 1 rings (SSSR count). The third-order valence-electron chi connectivity index (χ3n) is 0.940. The van der Waals surface area contributed by atoms with Gasteiger partial charge in [0.15, 0.2) is 0 Å². The van der Waals surface area contributed by atoms with Crippen molar-refractivity contribution in [2.24, 2.45) is 0 Å². The van der Waals surface area contributed by atoms with Crippen LogP contribution in [0.3, 0.4) is 0 Å². The van der Waals surface area contributed by atoms with Gasteiger partial charge in [-0.05, 0) is 6.92 Å². The molecule has 0 aliphatic carbocycles. The number of benzene rings is 1. The number of aryl methyl sites for hydroxylation is 1. The number of hydrogen-bond acceptors (Lipinski definition) is 0. The van der Waals surface area contributed by atoms with E-state index < -0.39 is 0 Å². The van der Waals surface area contributed by atoms with E-state index in [1.54, 1.807) is 0 Å². The van der Waals surface area contributed by atoms with E-state index in [4.69, 9.17) is 0 Å². The van der Waals surface area contributed by atoms with Crippen molar-refractivity contribution in [3.63, 3.8) is 0 Å². The molecule has 38 valence electrons. The van der Waals surface area contributed by atoms with E-state index >= 15 is 0 Å². The summed E-state index contributed by atoms with van der Waals surface area (Å²) in [4.78, 5) is 0. The quantitative estimate of drug-likeness (QED) is 0.431. The van der Waals surface area contributed by atoms with Crippen molar-refractivity contribution in [1.29, 1.82) is 0 Å². The first-order chi connectivity index (χ1) is 3.39. The van der Waals surface area contributed by atoms with Gasteiger partial charge in [0.25, 0.3) is 0 Å². The molecular weight excluding hydrogens is 91.0 g/mol. The first-order valence-corrected chi connectivity index (χ1v) is 2.41. The third-order valence-corrected chi connectivity index (χ3v) is 0.940. The first kappa shape index (κ1) is 7.82. The van der Waals surface area contributed by atoms with E-state index in [9.17, 15) is 0 Å². The fraction of sp³-hybridized carbons (Fsp3) is 0.143. The van der Waals surface area contributed by atoms with Crippen LogP contribution in [0.15, 0.2) is 30.3 Å². The predicted molar refractivity (Wildman–Crippen MR) is 38.3 cm³/mol. The van der Waals surface area contributed by atoms with Crippen LogP contribution >= 0.6 is 0 Å². The van der Waals surface area contributed by atoms with Gasteiger partial charge in [-0.1, -0.05) is 35.9 Å². The summed E-state index contributed by atoms with van der Waals surface area (Å²) in [5.41, 5.74) is 1.32. The standard InChI is InChI=1S/C7H8.Li.H/c1-7-5-3-2-4-6-7;;/h2-6H,1H3;;. The van der Waals surface area contributed by atoms with Crippen molar-refractivity contribution in [2.75, 3.05) is 0 Å². The zero-order chi connectivity index (χ0) is 5.11. The SMILES string of the molecule is Cc1ccccc1.[LiH]. The van der Waals surface area contributed by atoms with E-state index in [1.807, 2.05) is 18.2 Å². The third kappa shape index (κ3) is 2.21. The van der Waals surface area contributed by atoms with Gasteiger partial charge in [-0.3, -0.25) is 0 Å². The van der Waals surface area contributed by atoms with Crippen LogP contribution in [0, 0.1) is 6.92 Å². The Labute approximate surface area is 62.1 Å². The molecule has 0 atom stereocenters. The summed E-state index contributed by atoms with van der Waals surface area (Å²) in [5.74, 6) is 0. The van der Waals surface area contributed by atoms with Crippen molar-refractivity contribution in [2.45, 2.75) is 6.92 Å². The molecule has 0 N–H and O–H groups in total. The molecule has 1 aromatic carbocycles. The monoisotopic (exact) mass is 100 g/mol. The molecule has 0 radical (unpaired) electrons. The van der Waals surface area contributed by atoms with Gasteiger partial charge < -0.3 is 0 Å². The van der Waals surface area contributed by atoms with Crippen molar-refractivity contribution < 1.29 is 0 Å². The van der Waals surface area contributed by atoms with Crippen molar-refractivity contribution in [1.82, 2.24) is 0 Å². The summed E-state index contributed by atoms with van der Waals surface area (Å²) in [5, 5.41) is 0. The van der Waals surface area contributed by atoms with Gasteiger partial charge in [0.2, 0.25) is 0 Å². The van der Waals surface area contributed by atoms with E-state index in [0.29, 0.717) is 0 Å². The molecule has 0 spiro atoms. The maximum atomic E-state index is 2.08. The Kier molecular flexibility index (Phi) is 3.69. The summed E-state index contributed by atoms with van der Waals surface area (Å²) in [6.45, 7) is 2.08. The molecule has 0 aromatic heterocycles. The minimum absolute atomic E-state index is 0. The van der Waals surface area contributed by atoms with E-state index in [2.05, 4.69) is 19.1 Å². The van der Waals surface area contributed by atoms with E-state index in [1.165, 1.54) is 5.56 Å². The van der Waals surface area contributed by atoms with Gasteiger partial charge in [-0.2, -0.15) is 0 Å². The van der Waals surface area contributed by atoms with Gasteiger partial charge in [-0.15, -0.1) is 0 Å². The second-order valence-corrected chi connectivity index (χ2v) is 1.65. The van der Waals surface area contributed by atoms with Crippen LogP contribution in [-0.4, -0.2) is 18.9 Å². The fourth-order valence-corrected chi connectivity index (χ4v) is 0.534. The van der Waals surface area contributed by atoms with Crippen molar-refractivity contribution in [3.8, 4) is 0 Å². The Balaban J connectivity index is 0.000000490. The predicted octanol–water partition coefficient (Wildman–Crippen LogP) is 1.35. The molecular formula is C7H9Li. The second-order valence-electron chi connectivity index (χ2n) is 1.65. The topological polar surface area (TPSA) is 0 Å². The Hall–Kier alpha value is -0.183. The Bertz CT molecular complexity index is 134. The molecule has 0 unspecified atom stereocenters. The summed E-state index contributed by atoms with van der Waals surface area (Å²) in [6, 6.07) is 10.3. The van der Waals surface area contributed by atoms with Crippen LogP contribution in [0.25, 0.3) is 0 Å². The van der Waals surface area contributed by atoms with Crippen LogP contribution in [0.2, 0.25) is 0 Å². The summed E-state index contributed by atoms with van der Waals surface area (Å²) >= 11 is 0. The van der Waals surface area contributed by atoms with Gasteiger partial charge in [0.1, 0.15) is 0 Å². The molecule has 0 fully saturated rings. The first-order valence-electron chi connectivity index (χ1n) is 2.41. The van der Waals surface area contributed by atoms with Gasteiger partial charge >= 0.3 is 18.9 Å². The molecule has 0 nitrogen and oxygen atoms in total. The van der Waals surface area contributed by atoms with E-state index in [-0.39, 0.29) is 18.9 Å². The maximum absolute atomic E-state index is 2.08. The molecule has 8 heavy (non-hydrogen) atoms. The molecule has 0 aliphatic rings. The normalized spacial score (nSPS) is 7.62. The van der Waals surface area contributed by atoms with Gasteiger partial charge in [0, 0.05) is 0 Å². The van der Waals surface area contributed by atoms with Crippen LogP contribution < -0.4 is 0 Å². The van der Waals surface area contributed by atoms with Crippen LogP contribution in [0.1, 0.15) is 5.56 Å². The minimum atomic E-state index is 0. The molecule has 0 aliphatic heterocycles. The Morgan fingerprint density at radius 1 is 1.00 bits per heavy atom. The molecule has 0 saturated heterocycles. The van der Waals surface area contributed by atoms with Crippen LogP contribution in [0.5, 0.6) is 0 Å². The Morgan fingerprint density at radius 3 is 1.75 bits per heavy atom. The van der Waals surface area contributed by atoms with Crippen LogP contribution in [-0.2, 0) is 0 Å². The summed E-state index contributed by atoms with van der Waals surface area (Å²) in [6.07, 6.45) is 0. The van der Waals surface area contributed by atoms with Crippen LogP contribution in [0.4, 0.5) is 0 Å². The van der Waals surface area contributed by atoms with Gasteiger partial charge in [-0.25, -0.2) is 0 Å². The molecule has 0 amide bonds. The molecule has 1 heteroatoms. The summed E-state index contributed by atoms with van der Waals surface area (Å²) in [7, 11) is 0. The number of hydrogen-bond donors (Lipinski definition) is 0. The summed E-state index contributed by atoms with van der Waals surface area (Å²) < 4.78 is 0. The molecule has 0 saturated carbocycles. The molecule has 1 aromatic rings. The Morgan fingerprint density at radius 2 is 1.50 bits per heavy atom. The molecule has 0 bridgehead atoms. The second kappa shape index (κ2) is 3.78. The van der Waals surface area contributed by atoms with Gasteiger partial charge in [0.05, 0.1) is 0 Å². The average molecular weight is 100 g/mol.